The average Bonchev–Trinajstić information content (AvgIpc) is 2.41. The molecule has 1 saturated carbocycles. The third kappa shape index (κ3) is 3.21. The molecule has 0 atom stereocenters. The Morgan fingerprint density at radius 1 is 1.39 bits per heavy atom. The van der Waals surface area contributed by atoms with Crippen LogP contribution < -0.4 is 0 Å². The van der Waals surface area contributed by atoms with Crippen molar-refractivity contribution in [2.45, 2.75) is 38.4 Å². The van der Waals surface area contributed by atoms with E-state index in [1.165, 1.54) is 6.07 Å². The maximum absolute atomic E-state index is 13.6. The van der Waals surface area contributed by atoms with Crippen molar-refractivity contribution < 1.29 is 14.3 Å². The molecular weight excluding hydrogens is 257 g/mol. The van der Waals surface area contributed by atoms with Gasteiger partial charge in [0.25, 0.3) is 0 Å². The fourth-order valence-electron chi connectivity index (χ4n) is 2.06. The Kier molecular flexibility index (Phi) is 4.55. The van der Waals surface area contributed by atoms with Gasteiger partial charge in [-0.2, -0.15) is 0 Å². The van der Waals surface area contributed by atoms with Gasteiger partial charge in [-0.1, -0.05) is 28.9 Å². The van der Waals surface area contributed by atoms with Gasteiger partial charge in [-0.3, -0.25) is 0 Å². The molecule has 1 aliphatic rings. The van der Waals surface area contributed by atoms with E-state index < -0.39 is 5.82 Å². The van der Waals surface area contributed by atoms with Crippen LogP contribution in [0.3, 0.4) is 0 Å². The Bertz CT molecular complexity index is 441. The maximum Gasteiger partial charge on any atom is 0.147 e. The van der Waals surface area contributed by atoms with Crippen molar-refractivity contribution in [2.75, 3.05) is 0 Å². The Morgan fingerprint density at radius 3 is 2.78 bits per heavy atom. The van der Waals surface area contributed by atoms with Gasteiger partial charge < -0.3 is 9.94 Å². The van der Waals surface area contributed by atoms with Gasteiger partial charge in [0.05, 0.1) is 23.4 Å². The molecule has 0 aliphatic heterocycles. The second kappa shape index (κ2) is 6.16. The Labute approximate surface area is 110 Å². The second-order valence-corrected chi connectivity index (χ2v) is 4.80. The number of halogens is 2. The lowest BCUT2D eigenvalue weighted by molar-refractivity contribution is 0.0263. The largest absolute Gasteiger partial charge is 0.411 e. The van der Waals surface area contributed by atoms with Gasteiger partial charge in [-0.05, 0) is 31.7 Å². The van der Waals surface area contributed by atoms with Crippen LogP contribution in [0.25, 0.3) is 0 Å². The predicted octanol–water partition coefficient (Wildman–Crippen LogP) is 3.77. The summed E-state index contributed by atoms with van der Waals surface area (Å²) >= 11 is 5.70. The van der Waals surface area contributed by atoms with Crippen molar-refractivity contribution in [1.82, 2.24) is 0 Å². The van der Waals surface area contributed by atoms with Gasteiger partial charge in [0.1, 0.15) is 5.82 Å². The fourth-order valence-corrected chi connectivity index (χ4v) is 2.25. The van der Waals surface area contributed by atoms with Crippen LogP contribution in [0.15, 0.2) is 23.4 Å². The number of rotatable bonds is 3. The Balaban J connectivity index is 1.87. The first-order valence-corrected chi connectivity index (χ1v) is 6.33. The predicted molar refractivity (Wildman–Crippen MR) is 67.7 cm³/mol. The highest BCUT2D eigenvalue weighted by molar-refractivity contribution is 6.30. The standard InChI is InChI=1S/C13H15ClFNO2/c14-12-3-1-2-9(13(12)15)8-18-11-6-4-10(16-17)5-7-11/h1-3,11,17H,4-8H2. The number of hydrogen-bond acceptors (Lipinski definition) is 3. The van der Waals surface area contributed by atoms with Crippen LogP contribution in [0.2, 0.25) is 5.02 Å². The van der Waals surface area contributed by atoms with Crippen LogP contribution in [0.5, 0.6) is 0 Å². The molecule has 0 unspecified atom stereocenters. The van der Waals surface area contributed by atoms with Crippen LogP contribution in [0.4, 0.5) is 4.39 Å². The van der Waals surface area contributed by atoms with E-state index in [1.54, 1.807) is 12.1 Å². The molecule has 0 spiro atoms. The maximum atomic E-state index is 13.6. The molecule has 5 heteroatoms. The van der Waals surface area contributed by atoms with E-state index in [0.29, 0.717) is 5.56 Å². The summed E-state index contributed by atoms with van der Waals surface area (Å²) in [5.74, 6) is -0.410. The summed E-state index contributed by atoms with van der Waals surface area (Å²) in [6, 6.07) is 4.90. The lowest BCUT2D eigenvalue weighted by atomic mass is 9.96. The smallest absolute Gasteiger partial charge is 0.147 e. The minimum atomic E-state index is -0.410. The molecule has 0 amide bonds. The van der Waals surface area contributed by atoms with Gasteiger partial charge in [-0.15, -0.1) is 0 Å². The summed E-state index contributed by atoms with van der Waals surface area (Å²) in [6.07, 6.45) is 3.18. The molecule has 18 heavy (non-hydrogen) atoms. The molecular formula is C13H15ClFNO2. The quantitative estimate of drug-likeness (QED) is 0.672. The van der Waals surface area contributed by atoms with Gasteiger partial charge in [0.2, 0.25) is 0 Å². The zero-order valence-corrected chi connectivity index (χ0v) is 10.7. The van der Waals surface area contributed by atoms with E-state index in [2.05, 4.69) is 5.16 Å². The van der Waals surface area contributed by atoms with Crippen molar-refractivity contribution in [3.05, 3.63) is 34.6 Å². The van der Waals surface area contributed by atoms with Crippen LogP contribution in [0.1, 0.15) is 31.2 Å². The summed E-state index contributed by atoms with van der Waals surface area (Å²) in [5, 5.41) is 12.0. The molecule has 1 fully saturated rings. The topological polar surface area (TPSA) is 41.8 Å². The molecule has 1 aliphatic carbocycles. The molecule has 0 heterocycles. The van der Waals surface area contributed by atoms with Gasteiger partial charge in [-0.25, -0.2) is 4.39 Å². The first-order valence-electron chi connectivity index (χ1n) is 5.95. The van der Waals surface area contributed by atoms with Crippen LogP contribution in [-0.4, -0.2) is 17.0 Å². The molecule has 1 aromatic carbocycles. The molecule has 1 aromatic rings. The fraction of sp³-hybridized carbons (Fsp3) is 0.462. The highest BCUT2D eigenvalue weighted by Gasteiger charge is 2.19. The first-order chi connectivity index (χ1) is 8.70. The highest BCUT2D eigenvalue weighted by atomic mass is 35.5. The number of ether oxygens (including phenoxy) is 1. The Morgan fingerprint density at radius 2 is 2.11 bits per heavy atom. The van der Waals surface area contributed by atoms with Crippen molar-refractivity contribution in [1.29, 1.82) is 0 Å². The Hall–Kier alpha value is -1.13. The lowest BCUT2D eigenvalue weighted by Gasteiger charge is -2.22. The molecule has 98 valence electrons. The molecule has 0 radical (unpaired) electrons. The van der Waals surface area contributed by atoms with Crippen LogP contribution in [-0.2, 0) is 11.3 Å². The van der Waals surface area contributed by atoms with E-state index in [4.69, 9.17) is 21.5 Å². The van der Waals surface area contributed by atoms with Crippen LogP contribution in [0, 0.1) is 5.82 Å². The SMILES string of the molecule is ON=C1CCC(OCc2cccc(Cl)c2F)CC1. The molecule has 0 aromatic heterocycles. The van der Waals surface area contributed by atoms with Gasteiger partial charge in [0.15, 0.2) is 0 Å². The normalized spacial score (nSPS) is 19.9. The minimum absolute atomic E-state index is 0.0916. The van der Waals surface area contributed by atoms with E-state index in [0.717, 1.165) is 31.4 Å². The van der Waals surface area contributed by atoms with E-state index >= 15 is 0 Å². The van der Waals surface area contributed by atoms with Crippen molar-refractivity contribution in [3.63, 3.8) is 0 Å². The third-order valence-electron chi connectivity index (χ3n) is 3.16. The zero-order valence-electron chi connectivity index (χ0n) is 9.90. The summed E-state index contributed by atoms with van der Waals surface area (Å²) < 4.78 is 19.3. The van der Waals surface area contributed by atoms with E-state index in [1.807, 2.05) is 0 Å². The summed E-state index contributed by atoms with van der Waals surface area (Å²) in [6.45, 7) is 0.225. The van der Waals surface area contributed by atoms with Gasteiger partial charge >= 0.3 is 0 Å². The summed E-state index contributed by atoms with van der Waals surface area (Å²) in [4.78, 5) is 0. The van der Waals surface area contributed by atoms with Crippen LogP contribution >= 0.6 is 11.6 Å². The number of nitrogens with zero attached hydrogens (tertiary/aromatic N) is 1. The molecule has 2 rings (SSSR count). The molecule has 3 nitrogen and oxygen atoms in total. The summed E-state index contributed by atoms with van der Waals surface area (Å²) in [7, 11) is 0. The second-order valence-electron chi connectivity index (χ2n) is 4.39. The molecule has 0 saturated heterocycles. The monoisotopic (exact) mass is 271 g/mol. The number of oxime groups is 1. The average molecular weight is 272 g/mol. The zero-order chi connectivity index (χ0) is 13.0. The number of benzene rings is 1. The van der Waals surface area contributed by atoms with Crippen molar-refractivity contribution in [2.24, 2.45) is 5.16 Å². The minimum Gasteiger partial charge on any atom is -0.411 e. The van der Waals surface area contributed by atoms with Gasteiger partial charge in [0, 0.05) is 5.56 Å². The van der Waals surface area contributed by atoms with E-state index in [-0.39, 0.29) is 17.7 Å². The van der Waals surface area contributed by atoms with Crippen molar-refractivity contribution >= 4 is 17.3 Å². The number of hydrogen-bond donors (Lipinski definition) is 1. The first kappa shape index (κ1) is 13.3. The van der Waals surface area contributed by atoms with Crippen molar-refractivity contribution in [3.8, 4) is 0 Å². The molecule has 0 bridgehead atoms. The molecule has 1 N–H and O–H groups in total. The third-order valence-corrected chi connectivity index (χ3v) is 3.45. The highest BCUT2D eigenvalue weighted by Crippen LogP contribution is 2.23. The lowest BCUT2D eigenvalue weighted by Crippen LogP contribution is -2.21. The van der Waals surface area contributed by atoms with E-state index in [9.17, 15) is 4.39 Å². The summed E-state index contributed by atoms with van der Waals surface area (Å²) in [5.41, 5.74) is 1.29.